The van der Waals surface area contributed by atoms with Gasteiger partial charge in [-0.05, 0) is 42.5 Å². The van der Waals surface area contributed by atoms with Gasteiger partial charge in [0.2, 0.25) is 0 Å². The second-order valence-corrected chi connectivity index (χ2v) is 8.39. The van der Waals surface area contributed by atoms with Gasteiger partial charge < -0.3 is 9.30 Å². The van der Waals surface area contributed by atoms with Gasteiger partial charge in [0.15, 0.2) is 0 Å². The molecule has 7 nitrogen and oxygen atoms in total. The number of benzene rings is 1. The fourth-order valence-electron chi connectivity index (χ4n) is 4.53. The minimum atomic E-state index is -4.64. The van der Waals surface area contributed by atoms with Crippen LogP contribution in [-0.2, 0) is 13.2 Å². The molecule has 1 aromatic carbocycles. The molecule has 1 fully saturated rings. The van der Waals surface area contributed by atoms with E-state index < -0.39 is 17.4 Å². The van der Waals surface area contributed by atoms with Crippen LogP contribution in [0.25, 0.3) is 11.2 Å². The topological polar surface area (TPSA) is 66.3 Å². The molecule has 0 bridgehead atoms. The molecule has 1 saturated carbocycles. The van der Waals surface area contributed by atoms with Crippen molar-refractivity contribution >= 4 is 5.52 Å². The third-order valence-electron chi connectivity index (χ3n) is 6.44. The Labute approximate surface area is 187 Å². The van der Waals surface area contributed by atoms with Gasteiger partial charge in [0.05, 0.1) is 30.1 Å². The van der Waals surface area contributed by atoms with Crippen LogP contribution in [0.2, 0.25) is 0 Å². The molecule has 1 aliphatic rings. The van der Waals surface area contributed by atoms with Gasteiger partial charge in [-0.15, -0.1) is 10.2 Å². The standard InChI is InChI=1S/C23H22F3N5O2/c1-29-13-27-28-21(29)20(14-5-3-6-14)15-7-4-8-16(9-15)30-12-19-18(23(24,25)26)10-17(33-2)11-31(19)22(30)32/h4,7-14,20H,3,5-6H2,1-2H3/t20-/m1/s1. The number of fused-ring (bicyclic) bond motifs is 1. The van der Waals surface area contributed by atoms with Crippen molar-refractivity contribution in [3.05, 3.63) is 76.5 Å². The highest BCUT2D eigenvalue weighted by molar-refractivity contribution is 5.59. The summed E-state index contributed by atoms with van der Waals surface area (Å²) in [7, 11) is 3.15. The number of aromatic nitrogens is 5. The molecule has 1 aliphatic carbocycles. The largest absolute Gasteiger partial charge is 0.495 e. The molecule has 33 heavy (non-hydrogen) atoms. The van der Waals surface area contributed by atoms with Crippen molar-refractivity contribution in [3.8, 4) is 11.4 Å². The first-order valence-electron chi connectivity index (χ1n) is 10.6. The Morgan fingerprint density at radius 2 is 1.97 bits per heavy atom. The van der Waals surface area contributed by atoms with Crippen molar-refractivity contribution in [1.82, 2.24) is 23.7 Å². The summed E-state index contributed by atoms with van der Waals surface area (Å²) in [4.78, 5) is 13.1. The number of nitrogens with zero attached hydrogens (tertiary/aromatic N) is 5. The highest BCUT2D eigenvalue weighted by Gasteiger charge is 2.35. The maximum atomic E-state index is 13.7. The molecule has 0 N–H and O–H groups in total. The Morgan fingerprint density at radius 1 is 1.18 bits per heavy atom. The maximum Gasteiger partial charge on any atom is 0.418 e. The molecule has 1 atom stereocenters. The molecule has 5 rings (SSSR count). The van der Waals surface area contributed by atoms with E-state index in [2.05, 4.69) is 10.2 Å². The number of rotatable bonds is 5. The molecular weight excluding hydrogens is 435 g/mol. The Morgan fingerprint density at radius 3 is 2.58 bits per heavy atom. The van der Waals surface area contributed by atoms with Crippen LogP contribution >= 0.6 is 0 Å². The summed E-state index contributed by atoms with van der Waals surface area (Å²) in [5.74, 6) is 1.17. The number of methoxy groups -OCH3 is 1. The second-order valence-electron chi connectivity index (χ2n) is 8.39. The lowest BCUT2D eigenvalue weighted by Crippen LogP contribution is -2.24. The number of hydrogen-bond acceptors (Lipinski definition) is 4. The number of hydrogen-bond donors (Lipinski definition) is 0. The Kier molecular flexibility index (Phi) is 5.02. The summed E-state index contributed by atoms with van der Waals surface area (Å²) < 4.78 is 50.1. The molecule has 172 valence electrons. The summed E-state index contributed by atoms with van der Waals surface area (Å²) in [6.45, 7) is 0. The lowest BCUT2D eigenvalue weighted by Gasteiger charge is -2.33. The molecule has 0 amide bonds. The van der Waals surface area contributed by atoms with E-state index in [1.165, 1.54) is 24.1 Å². The third-order valence-corrected chi connectivity index (χ3v) is 6.44. The first-order valence-corrected chi connectivity index (χ1v) is 10.6. The van der Waals surface area contributed by atoms with Crippen molar-refractivity contribution in [2.24, 2.45) is 13.0 Å². The molecule has 10 heteroatoms. The lowest BCUT2D eigenvalue weighted by atomic mass is 9.72. The van der Waals surface area contributed by atoms with Crippen molar-refractivity contribution in [2.75, 3.05) is 7.11 Å². The Balaban J connectivity index is 1.66. The average Bonchev–Trinajstić information content (AvgIpc) is 3.32. The van der Waals surface area contributed by atoms with Gasteiger partial charge in [-0.3, -0.25) is 8.97 Å². The molecule has 0 aliphatic heterocycles. The van der Waals surface area contributed by atoms with E-state index >= 15 is 0 Å². The zero-order valence-corrected chi connectivity index (χ0v) is 18.1. The summed E-state index contributed by atoms with van der Waals surface area (Å²) >= 11 is 0. The van der Waals surface area contributed by atoms with E-state index in [0.29, 0.717) is 11.6 Å². The van der Waals surface area contributed by atoms with Gasteiger partial charge >= 0.3 is 11.9 Å². The van der Waals surface area contributed by atoms with E-state index in [-0.39, 0.29) is 17.2 Å². The maximum absolute atomic E-state index is 13.7. The molecule has 0 spiro atoms. The number of ether oxygens (including phenoxy) is 1. The van der Waals surface area contributed by atoms with Crippen molar-refractivity contribution in [3.63, 3.8) is 0 Å². The van der Waals surface area contributed by atoms with E-state index in [1.807, 2.05) is 29.8 Å². The third kappa shape index (κ3) is 3.59. The van der Waals surface area contributed by atoms with Gasteiger partial charge in [0, 0.05) is 19.2 Å². The minimum absolute atomic E-state index is 0.00948. The van der Waals surface area contributed by atoms with Crippen LogP contribution in [0.3, 0.4) is 0 Å². The zero-order valence-electron chi connectivity index (χ0n) is 18.1. The molecule has 4 aromatic rings. The number of imidazole rings is 1. The predicted octanol–water partition coefficient (Wildman–Crippen LogP) is 4.18. The number of halogens is 3. The van der Waals surface area contributed by atoms with E-state index in [1.54, 1.807) is 12.4 Å². The summed E-state index contributed by atoms with van der Waals surface area (Å²) in [5.41, 5.74) is -0.336. The normalized spacial score (nSPS) is 15.5. The van der Waals surface area contributed by atoms with Crippen molar-refractivity contribution in [1.29, 1.82) is 0 Å². The van der Waals surface area contributed by atoms with Gasteiger partial charge in [0.1, 0.15) is 17.9 Å². The zero-order chi connectivity index (χ0) is 23.3. The van der Waals surface area contributed by atoms with Crippen LogP contribution in [0, 0.1) is 5.92 Å². The Hall–Kier alpha value is -3.56. The summed E-state index contributed by atoms with van der Waals surface area (Å²) in [6, 6.07) is 8.24. The smallest absolute Gasteiger partial charge is 0.418 e. The highest BCUT2D eigenvalue weighted by Crippen LogP contribution is 2.43. The predicted molar refractivity (Wildman–Crippen MR) is 115 cm³/mol. The van der Waals surface area contributed by atoms with Gasteiger partial charge in [-0.1, -0.05) is 18.6 Å². The fraction of sp³-hybridized carbons (Fsp3) is 0.348. The SMILES string of the molecule is COc1cc(C(F)(F)F)c2cn(-c3cccc([C@H](c4nncn4C)C4CCC4)c3)c(=O)n2c1. The van der Waals surface area contributed by atoms with Crippen LogP contribution in [0.5, 0.6) is 5.75 Å². The highest BCUT2D eigenvalue weighted by atomic mass is 19.4. The monoisotopic (exact) mass is 457 g/mol. The van der Waals surface area contributed by atoms with E-state index in [4.69, 9.17) is 4.74 Å². The Bertz CT molecular complexity index is 1380. The summed E-state index contributed by atoms with van der Waals surface area (Å²) in [6.07, 6.45) is 2.78. The first kappa shape index (κ1) is 21.3. The van der Waals surface area contributed by atoms with E-state index in [9.17, 15) is 18.0 Å². The van der Waals surface area contributed by atoms with Crippen molar-refractivity contribution < 1.29 is 17.9 Å². The molecular formula is C23H22F3N5O2. The molecule has 0 radical (unpaired) electrons. The van der Waals surface area contributed by atoms with E-state index in [0.717, 1.165) is 41.1 Å². The number of aryl methyl sites for hydroxylation is 1. The van der Waals surface area contributed by atoms with Crippen LogP contribution in [-0.4, -0.2) is 30.8 Å². The van der Waals surface area contributed by atoms with Crippen LogP contribution in [0.1, 0.15) is 42.1 Å². The molecule has 3 aromatic heterocycles. The second kappa shape index (κ2) is 7.79. The number of pyridine rings is 1. The van der Waals surface area contributed by atoms with Crippen LogP contribution in [0.4, 0.5) is 13.2 Å². The van der Waals surface area contributed by atoms with Crippen LogP contribution in [0.15, 0.2) is 53.8 Å². The average molecular weight is 457 g/mol. The minimum Gasteiger partial charge on any atom is -0.495 e. The summed E-state index contributed by atoms with van der Waals surface area (Å²) in [5, 5.41) is 8.33. The van der Waals surface area contributed by atoms with Crippen molar-refractivity contribution in [2.45, 2.75) is 31.4 Å². The number of alkyl halides is 3. The van der Waals surface area contributed by atoms with Gasteiger partial charge in [-0.25, -0.2) is 4.79 Å². The van der Waals surface area contributed by atoms with Crippen LogP contribution < -0.4 is 10.4 Å². The molecule has 0 saturated heterocycles. The molecule has 0 unspecified atom stereocenters. The first-order chi connectivity index (χ1) is 15.8. The van der Waals surface area contributed by atoms with Gasteiger partial charge in [0.25, 0.3) is 0 Å². The fourth-order valence-corrected chi connectivity index (χ4v) is 4.53. The quantitative estimate of drug-likeness (QED) is 0.451. The van der Waals surface area contributed by atoms with Gasteiger partial charge in [-0.2, -0.15) is 13.2 Å². The molecule has 3 heterocycles. The lowest BCUT2D eigenvalue weighted by molar-refractivity contribution is -0.136.